The molecule has 0 spiro atoms. The molecule has 44 heavy (non-hydrogen) atoms. The summed E-state index contributed by atoms with van der Waals surface area (Å²) in [5.41, 5.74) is 7.53. The third kappa shape index (κ3) is 4.91. The van der Waals surface area contributed by atoms with Crippen molar-refractivity contribution in [1.29, 1.82) is 0 Å². The lowest BCUT2D eigenvalue weighted by Crippen LogP contribution is -2.00. The zero-order valence-electron chi connectivity index (χ0n) is 23.9. The lowest BCUT2D eigenvalue weighted by atomic mass is 9.99. The van der Waals surface area contributed by atoms with Gasteiger partial charge in [0, 0.05) is 16.7 Å². The van der Waals surface area contributed by atoms with Crippen molar-refractivity contribution < 1.29 is 0 Å². The van der Waals surface area contributed by atoms with Crippen molar-refractivity contribution >= 4 is 21.5 Å². The van der Waals surface area contributed by atoms with E-state index in [9.17, 15) is 0 Å². The van der Waals surface area contributed by atoms with Crippen LogP contribution < -0.4 is 0 Å². The molecule has 0 saturated heterocycles. The van der Waals surface area contributed by atoms with Gasteiger partial charge in [-0.05, 0) is 55.9 Å². The van der Waals surface area contributed by atoms with Crippen LogP contribution in [0, 0.1) is 0 Å². The van der Waals surface area contributed by atoms with Gasteiger partial charge in [-0.15, -0.1) is 0 Å². The van der Waals surface area contributed by atoms with E-state index in [1.807, 2.05) is 36.4 Å². The van der Waals surface area contributed by atoms with Gasteiger partial charge < -0.3 is 0 Å². The second-order valence-electron chi connectivity index (χ2n) is 10.9. The van der Waals surface area contributed by atoms with Gasteiger partial charge in [-0.1, -0.05) is 152 Å². The fourth-order valence-electron chi connectivity index (χ4n) is 5.83. The summed E-state index contributed by atoms with van der Waals surface area (Å²) in [4.78, 5) is 15.0. The summed E-state index contributed by atoms with van der Waals surface area (Å²) >= 11 is 0. The first-order valence-electron chi connectivity index (χ1n) is 14.8. The van der Waals surface area contributed by atoms with Crippen LogP contribution in [0.3, 0.4) is 0 Å². The Kier molecular flexibility index (Phi) is 6.47. The monoisotopic (exact) mass is 561 g/mol. The van der Waals surface area contributed by atoms with Crippen molar-refractivity contribution in [2.75, 3.05) is 0 Å². The largest absolute Gasteiger partial charge is 0.208 e. The molecule has 3 nitrogen and oxygen atoms in total. The van der Waals surface area contributed by atoms with Crippen LogP contribution in [-0.4, -0.2) is 15.0 Å². The van der Waals surface area contributed by atoms with Crippen molar-refractivity contribution in [2.45, 2.75) is 0 Å². The number of nitrogens with zero attached hydrogens (tertiary/aromatic N) is 3. The maximum atomic E-state index is 5.03. The molecule has 0 aliphatic rings. The Morgan fingerprint density at radius 3 is 1.43 bits per heavy atom. The summed E-state index contributed by atoms with van der Waals surface area (Å²) in [6.07, 6.45) is 0. The molecular weight excluding hydrogens is 534 g/mol. The second kappa shape index (κ2) is 11.0. The minimum atomic E-state index is 0.648. The van der Waals surface area contributed by atoms with Gasteiger partial charge in [-0.3, -0.25) is 0 Å². The van der Waals surface area contributed by atoms with E-state index >= 15 is 0 Å². The standard InChI is InChI=1S/C41H27N3/c1-3-10-28(11-4-1)29-18-20-30(21-19-29)33-15-9-16-35(26-33)40-42-39(32-13-5-2-6-14-32)43-41(44-40)36-24-25-38-34(27-36)23-22-31-12-7-8-17-37(31)38/h1-27H. The van der Waals surface area contributed by atoms with Gasteiger partial charge in [-0.25, -0.2) is 15.0 Å². The Morgan fingerprint density at radius 2 is 0.705 bits per heavy atom. The molecule has 3 heteroatoms. The van der Waals surface area contributed by atoms with E-state index in [1.54, 1.807) is 0 Å². The Hall–Kier alpha value is -5.93. The molecule has 8 aromatic rings. The summed E-state index contributed by atoms with van der Waals surface area (Å²) in [7, 11) is 0. The van der Waals surface area contributed by atoms with Crippen LogP contribution in [-0.2, 0) is 0 Å². The molecule has 0 atom stereocenters. The van der Waals surface area contributed by atoms with E-state index in [2.05, 4.69) is 127 Å². The minimum absolute atomic E-state index is 0.648. The van der Waals surface area contributed by atoms with Gasteiger partial charge in [0.1, 0.15) is 0 Å². The number of rotatable bonds is 5. The van der Waals surface area contributed by atoms with Gasteiger partial charge in [0.25, 0.3) is 0 Å². The molecule has 0 unspecified atom stereocenters. The molecule has 0 radical (unpaired) electrons. The molecule has 7 aromatic carbocycles. The summed E-state index contributed by atoms with van der Waals surface area (Å²) in [5.74, 6) is 1.96. The molecule has 0 bridgehead atoms. The van der Waals surface area contributed by atoms with Crippen LogP contribution in [0.25, 0.3) is 78.0 Å². The Bertz CT molecular complexity index is 2260. The van der Waals surface area contributed by atoms with E-state index in [-0.39, 0.29) is 0 Å². The molecule has 0 aliphatic carbocycles. The van der Waals surface area contributed by atoms with E-state index in [4.69, 9.17) is 15.0 Å². The summed E-state index contributed by atoms with van der Waals surface area (Å²) < 4.78 is 0. The molecule has 0 N–H and O–H groups in total. The molecule has 8 rings (SSSR count). The van der Waals surface area contributed by atoms with Gasteiger partial charge in [-0.2, -0.15) is 0 Å². The number of benzene rings is 7. The first-order chi connectivity index (χ1) is 21.8. The van der Waals surface area contributed by atoms with Crippen LogP contribution in [0.15, 0.2) is 164 Å². The zero-order valence-corrected chi connectivity index (χ0v) is 23.9. The molecule has 0 aliphatic heterocycles. The number of hydrogen-bond acceptors (Lipinski definition) is 3. The van der Waals surface area contributed by atoms with Crippen molar-refractivity contribution in [3.05, 3.63) is 164 Å². The molecule has 206 valence electrons. The minimum Gasteiger partial charge on any atom is -0.208 e. The van der Waals surface area contributed by atoms with Gasteiger partial charge >= 0.3 is 0 Å². The maximum absolute atomic E-state index is 5.03. The smallest absolute Gasteiger partial charge is 0.164 e. The van der Waals surface area contributed by atoms with Crippen molar-refractivity contribution in [1.82, 2.24) is 15.0 Å². The predicted octanol–water partition coefficient (Wildman–Crippen LogP) is 10.5. The molecule has 0 amide bonds. The second-order valence-corrected chi connectivity index (χ2v) is 10.9. The third-order valence-corrected chi connectivity index (χ3v) is 8.12. The number of aromatic nitrogens is 3. The SMILES string of the molecule is c1ccc(-c2ccc(-c3cccc(-c4nc(-c5ccccc5)nc(-c5ccc6c(ccc7ccccc76)c5)n4)c3)cc2)cc1. The van der Waals surface area contributed by atoms with Crippen molar-refractivity contribution in [2.24, 2.45) is 0 Å². The fourth-order valence-corrected chi connectivity index (χ4v) is 5.83. The molecule has 0 fully saturated rings. The average Bonchev–Trinajstić information content (AvgIpc) is 3.12. The summed E-state index contributed by atoms with van der Waals surface area (Å²) in [6.45, 7) is 0. The number of fused-ring (bicyclic) bond motifs is 3. The van der Waals surface area contributed by atoms with Crippen molar-refractivity contribution in [3.63, 3.8) is 0 Å². The van der Waals surface area contributed by atoms with E-state index in [1.165, 1.54) is 27.3 Å². The Morgan fingerprint density at radius 1 is 0.250 bits per heavy atom. The first kappa shape index (κ1) is 25.8. The van der Waals surface area contributed by atoms with Gasteiger partial charge in [0.05, 0.1) is 0 Å². The van der Waals surface area contributed by atoms with Gasteiger partial charge in [0.2, 0.25) is 0 Å². The molecular formula is C41H27N3. The molecule has 0 saturated carbocycles. The predicted molar refractivity (Wildman–Crippen MR) is 182 cm³/mol. The van der Waals surface area contributed by atoms with E-state index in [0.29, 0.717) is 17.5 Å². The topological polar surface area (TPSA) is 38.7 Å². The number of hydrogen-bond donors (Lipinski definition) is 0. The first-order valence-corrected chi connectivity index (χ1v) is 14.8. The highest BCUT2D eigenvalue weighted by atomic mass is 15.0. The highest BCUT2D eigenvalue weighted by Crippen LogP contribution is 2.32. The lowest BCUT2D eigenvalue weighted by molar-refractivity contribution is 1.07. The summed E-state index contributed by atoms with van der Waals surface area (Å²) in [5, 5.41) is 4.85. The Balaban J connectivity index is 1.22. The van der Waals surface area contributed by atoms with Crippen LogP contribution >= 0.6 is 0 Å². The normalized spacial score (nSPS) is 11.2. The van der Waals surface area contributed by atoms with Crippen LogP contribution in [0.2, 0.25) is 0 Å². The van der Waals surface area contributed by atoms with Crippen molar-refractivity contribution in [3.8, 4) is 56.4 Å². The van der Waals surface area contributed by atoms with Gasteiger partial charge in [0.15, 0.2) is 17.5 Å². The highest BCUT2D eigenvalue weighted by Gasteiger charge is 2.14. The molecule has 1 aromatic heterocycles. The highest BCUT2D eigenvalue weighted by molar-refractivity contribution is 6.08. The third-order valence-electron chi connectivity index (χ3n) is 8.12. The van der Waals surface area contributed by atoms with Crippen LogP contribution in [0.5, 0.6) is 0 Å². The van der Waals surface area contributed by atoms with E-state index in [0.717, 1.165) is 33.2 Å². The quantitative estimate of drug-likeness (QED) is 0.196. The lowest BCUT2D eigenvalue weighted by Gasteiger charge is -2.11. The molecule has 1 heterocycles. The average molecular weight is 562 g/mol. The van der Waals surface area contributed by atoms with E-state index < -0.39 is 0 Å². The van der Waals surface area contributed by atoms with Crippen LogP contribution in [0.1, 0.15) is 0 Å². The maximum Gasteiger partial charge on any atom is 0.164 e. The zero-order chi connectivity index (χ0) is 29.3. The Labute approximate surface area is 256 Å². The summed E-state index contributed by atoms with van der Waals surface area (Å²) in [6, 6.07) is 57.0. The van der Waals surface area contributed by atoms with Crippen LogP contribution in [0.4, 0.5) is 0 Å². The fraction of sp³-hybridized carbons (Fsp3) is 0.